The normalized spacial score (nSPS) is 14.6. The van der Waals surface area contributed by atoms with E-state index in [1.807, 2.05) is 31.2 Å². The molecule has 0 aliphatic heterocycles. The number of benzene rings is 1. The number of likely N-dealkylation sites (N-methyl/N-ethyl adjacent to an activating group) is 1. The molecule has 0 unspecified atom stereocenters. The lowest BCUT2D eigenvalue weighted by Crippen LogP contribution is -2.50. The molecule has 3 N–H and O–H groups in total. The van der Waals surface area contributed by atoms with Gasteiger partial charge in [-0.2, -0.15) is 0 Å². The Morgan fingerprint density at radius 3 is 2.58 bits per heavy atom. The molecule has 2 aromatic heterocycles. The number of amides is 3. The minimum atomic E-state index is -0.577. The van der Waals surface area contributed by atoms with E-state index in [2.05, 4.69) is 20.9 Å². The van der Waals surface area contributed by atoms with Gasteiger partial charge in [-0.1, -0.05) is 37.5 Å². The van der Waals surface area contributed by atoms with Gasteiger partial charge in [-0.25, -0.2) is 0 Å². The van der Waals surface area contributed by atoms with Gasteiger partial charge in [-0.15, -0.1) is 0 Å². The van der Waals surface area contributed by atoms with Gasteiger partial charge in [-0.3, -0.25) is 19.4 Å². The molecule has 3 aromatic rings. The second kappa shape index (κ2) is 11.7. The minimum Gasteiger partial charge on any atom is -0.451 e. The summed E-state index contributed by atoms with van der Waals surface area (Å²) in [6.45, 7) is 2.23. The Morgan fingerprint density at radius 2 is 1.83 bits per heavy atom. The third-order valence-electron chi connectivity index (χ3n) is 6.57. The number of carbonyl (C=O) groups excluding carboxylic acids is 3. The molecular formula is C28H32N4O4. The number of rotatable bonds is 8. The van der Waals surface area contributed by atoms with Crippen LogP contribution in [0.4, 0.5) is 0 Å². The third-order valence-corrected chi connectivity index (χ3v) is 6.57. The molecule has 1 aromatic carbocycles. The molecule has 0 saturated heterocycles. The van der Waals surface area contributed by atoms with Crippen molar-refractivity contribution >= 4 is 17.7 Å². The molecule has 1 aliphatic carbocycles. The largest absolute Gasteiger partial charge is 0.451 e. The Bertz CT molecular complexity index is 1230. The number of aryl methyl sites for hydroxylation is 1. The quantitative estimate of drug-likeness (QED) is 0.444. The van der Waals surface area contributed by atoms with Crippen LogP contribution >= 0.6 is 0 Å². The number of carbonyl (C=O) groups is 3. The van der Waals surface area contributed by atoms with Crippen LogP contribution in [0.3, 0.4) is 0 Å². The van der Waals surface area contributed by atoms with Crippen LogP contribution in [0, 0.1) is 12.8 Å². The first-order valence-electron chi connectivity index (χ1n) is 12.4. The predicted molar refractivity (Wildman–Crippen MR) is 136 cm³/mol. The standard InChI is InChI=1S/C28H32N4O4/c1-18-13-22(17-30-15-18)26(33)31-16-19-7-6-10-21(14-19)23-11-12-24(36-23)27(34)32-25(28(35)29-2)20-8-4-3-5-9-20/h6-7,10-15,17,20,25H,3-5,8-9,16H2,1-2H3,(H,29,35)(H,31,33)(H,32,34)/t25-/m0/s1. The molecule has 8 nitrogen and oxygen atoms in total. The lowest BCUT2D eigenvalue weighted by molar-refractivity contribution is -0.124. The van der Waals surface area contributed by atoms with Crippen molar-refractivity contribution in [1.29, 1.82) is 0 Å². The summed E-state index contributed by atoms with van der Waals surface area (Å²) in [4.78, 5) is 41.9. The highest BCUT2D eigenvalue weighted by Crippen LogP contribution is 2.28. The fraction of sp³-hybridized carbons (Fsp3) is 0.357. The van der Waals surface area contributed by atoms with Crippen molar-refractivity contribution < 1.29 is 18.8 Å². The first-order valence-corrected chi connectivity index (χ1v) is 12.4. The van der Waals surface area contributed by atoms with E-state index in [0.29, 0.717) is 17.9 Å². The van der Waals surface area contributed by atoms with Crippen LogP contribution < -0.4 is 16.0 Å². The zero-order valence-electron chi connectivity index (χ0n) is 20.7. The van der Waals surface area contributed by atoms with Gasteiger partial charge < -0.3 is 20.4 Å². The Labute approximate surface area is 210 Å². The summed E-state index contributed by atoms with van der Waals surface area (Å²) in [5.74, 6) is 0.0244. The summed E-state index contributed by atoms with van der Waals surface area (Å²) in [7, 11) is 1.59. The van der Waals surface area contributed by atoms with E-state index in [0.717, 1.165) is 42.4 Å². The molecule has 2 heterocycles. The van der Waals surface area contributed by atoms with Crippen molar-refractivity contribution in [2.75, 3.05) is 7.05 Å². The summed E-state index contributed by atoms with van der Waals surface area (Å²) < 4.78 is 5.86. The molecule has 0 spiro atoms. The Balaban J connectivity index is 1.41. The van der Waals surface area contributed by atoms with E-state index in [9.17, 15) is 14.4 Å². The van der Waals surface area contributed by atoms with Crippen molar-refractivity contribution in [3.8, 4) is 11.3 Å². The van der Waals surface area contributed by atoms with Gasteiger partial charge in [0.2, 0.25) is 5.91 Å². The maximum atomic E-state index is 12.9. The fourth-order valence-corrected chi connectivity index (χ4v) is 4.65. The molecule has 3 amide bonds. The topological polar surface area (TPSA) is 113 Å². The molecule has 1 saturated carbocycles. The molecule has 1 fully saturated rings. The number of aromatic nitrogens is 1. The highest BCUT2D eigenvalue weighted by molar-refractivity contribution is 5.96. The second-order valence-corrected chi connectivity index (χ2v) is 9.26. The lowest BCUT2D eigenvalue weighted by Gasteiger charge is -2.29. The van der Waals surface area contributed by atoms with Crippen LogP contribution in [0.2, 0.25) is 0 Å². The van der Waals surface area contributed by atoms with Gasteiger partial charge in [0.1, 0.15) is 11.8 Å². The number of pyridine rings is 1. The summed E-state index contributed by atoms with van der Waals surface area (Å²) >= 11 is 0. The van der Waals surface area contributed by atoms with E-state index in [4.69, 9.17) is 4.42 Å². The SMILES string of the molecule is CNC(=O)[C@@H](NC(=O)c1ccc(-c2cccc(CNC(=O)c3cncc(C)c3)c2)o1)C1CCCCC1. The third kappa shape index (κ3) is 6.19. The summed E-state index contributed by atoms with van der Waals surface area (Å²) in [6.07, 6.45) is 8.38. The van der Waals surface area contributed by atoms with Crippen LogP contribution in [0.15, 0.2) is 59.3 Å². The van der Waals surface area contributed by atoms with Crippen molar-refractivity contribution in [2.45, 2.75) is 51.6 Å². The van der Waals surface area contributed by atoms with E-state index in [-0.39, 0.29) is 23.5 Å². The first kappa shape index (κ1) is 25.2. The molecule has 36 heavy (non-hydrogen) atoms. The molecule has 0 bridgehead atoms. The predicted octanol–water partition coefficient (Wildman–Crippen LogP) is 4.00. The van der Waals surface area contributed by atoms with Crippen LogP contribution in [0.5, 0.6) is 0 Å². The van der Waals surface area contributed by atoms with Gasteiger partial charge in [0, 0.05) is 31.5 Å². The number of nitrogens with one attached hydrogen (secondary N) is 3. The van der Waals surface area contributed by atoms with Crippen molar-refractivity contribution in [3.63, 3.8) is 0 Å². The number of nitrogens with zero attached hydrogens (tertiary/aromatic N) is 1. The Hall–Kier alpha value is -3.94. The fourth-order valence-electron chi connectivity index (χ4n) is 4.65. The van der Waals surface area contributed by atoms with Gasteiger partial charge in [0.05, 0.1) is 5.56 Å². The molecule has 4 rings (SSSR count). The van der Waals surface area contributed by atoms with Gasteiger partial charge in [-0.05, 0) is 61.1 Å². The highest BCUT2D eigenvalue weighted by Gasteiger charge is 2.31. The molecule has 8 heteroatoms. The number of hydrogen-bond acceptors (Lipinski definition) is 5. The molecule has 188 valence electrons. The van der Waals surface area contributed by atoms with Crippen molar-refractivity contribution in [1.82, 2.24) is 20.9 Å². The van der Waals surface area contributed by atoms with Crippen molar-refractivity contribution in [2.24, 2.45) is 5.92 Å². The van der Waals surface area contributed by atoms with Crippen LogP contribution in [-0.2, 0) is 11.3 Å². The molecular weight excluding hydrogens is 456 g/mol. The monoisotopic (exact) mass is 488 g/mol. The first-order chi connectivity index (χ1) is 17.4. The molecule has 0 radical (unpaired) electrons. The van der Waals surface area contributed by atoms with E-state index >= 15 is 0 Å². The average Bonchev–Trinajstić information content (AvgIpc) is 3.41. The number of hydrogen-bond donors (Lipinski definition) is 3. The minimum absolute atomic E-state index is 0.125. The van der Waals surface area contributed by atoms with Crippen LogP contribution in [-0.4, -0.2) is 35.8 Å². The Morgan fingerprint density at radius 1 is 1.03 bits per heavy atom. The summed E-state index contributed by atoms with van der Waals surface area (Å²) in [5.41, 5.74) is 3.10. The summed E-state index contributed by atoms with van der Waals surface area (Å²) in [6, 6.07) is 12.1. The second-order valence-electron chi connectivity index (χ2n) is 9.26. The zero-order valence-corrected chi connectivity index (χ0v) is 20.7. The smallest absolute Gasteiger partial charge is 0.287 e. The average molecular weight is 489 g/mol. The van der Waals surface area contributed by atoms with E-state index in [1.54, 1.807) is 31.4 Å². The van der Waals surface area contributed by atoms with Gasteiger partial charge in [0.15, 0.2) is 5.76 Å². The maximum Gasteiger partial charge on any atom is 0.287 e. The zero-order chi connectivity index (χ0) is 25.5. The van der Waals surface area contributed by atoms with Crippen LogP contribution in [0.25, 0.3) is 11.3 Å². The van der Waals surface area contributed by atoms with Gasteiger partial charge >= 0.3 is 0 Å². The van der Waals surface area contributed by atoms with Crippen molar-refractivity contribution in [3.05, 3.63) is 77.3 Å². The van der Waals surface area contributed by atoms with E-state index in [1.165, 1.54) is 12.6 Å². The number of furan rings is 1. The molecule has 1 atom stereocenters. The van der Waals surface area contributed by atoms with E-state index < -0.39 is 11.9 Å². The summed E-state index contributed by atoms with van der Waals surface area (Å²) in [5, 5.41) is 8.46. The lowest BCUT2D eigenvalue weighted by atomic mass is 9.83. The van der Waals surface area contributed by atoms with Crippen LogP contribution in [0.1, 0.15) is 64.1 Å². The molecule has 1 aliphatic rings. The Kier molecular flexibility index (Phi) is 8.15. The highest BCUT2D eigenvalue weighted by atomic mass is 16.4. The van der Waals surface area contributed by atoms with Gasteiger partial charge in [0.25, 0.3) is 11.8 Å². The maximum absolute atomic E-state index is 12.9.